The first kappa shape index (κ1) is 20.1. The highest BCUT2D eigenvalue weighted by atomic mass is 16.5. The third-order valence-electron chi connectivity index (χ3n) is 2.91. The molecule has 0 heterocycles. The number of esters is 1. The Hall–Kier alpha value is -2.97. The molecule has 138 valence electrons. The first-order valence-corrected chi connectivity index (χ1v) is 7.39. The average molecular weight is 354 g/mol. The maximum atomic E-state index is 12.1. The number of ether oxygens (including phenoxy) is 4. The molecule has 0 aliphatic rings. The summed E-state index contributed by atoms with van der Waals surface area (Å²) in [5, 5.41) is 4.52. The van der Waals surface area contributed by atoms with Crippen molar-refractivity contribution < 1.29 is 33.3 Å². The summed E-state index contributed by atoms with van der Waals surface area (Å²) in [7, 11) is 4.26. The highest BCUT2D eigenvalue weighted by Gasteiger charge is 2.19. The van der Waals surface area contributed by atoms with Gasteiger partial charge in [0.2, 0.25) is 5.75 Å². The van der Waals surface area contributed by atoms with Gasteiger partial charge in [-0.25, -0.2) is 9.59 Å². The predicted octanol–water partition coefficient (Wildman–Crippen LogP) is 1.10. The monoisotopic (exact) mass is 354 g/mol. The Kier molecular flexibility index (Phi) is 7.51. The number of amides is 3. The third kappa shape index (κ3) is 5.87. The van der Waals surface area contributed by atoms with Gasteiger partial charge in [0.1, 0.15) is 0 Å². The molecule has 0 aliphatic carbocycles. The number of rotatable bonds is 7. The first-order valence-electron chi connectivity index (χ1n) is 7.39. The Morgan fingerprint density at radius 1 is 1.00 bits per heavy atom. The van der Waals surface area contributed by atoms with E-state index in [0.717, 1.165) is 0 Å². The van der Waals surface area contributed by atoms with E-state index >= 15 is 0 Å². The smallest absolute Gasteiger partial charge is 0.338 e. The van der Waals surface area contributed by atoms with E-state index in [-0.39, 0.29) is 23.1 Å². The highest BCUT2D eigenvalue weighted by molar-refractivity contribution is 5.97. The van der Waals surface area contributed by atoms with Crippen molar-refractivity contribution in [3.63, 3.8) is 0 Å². The molecule has 0 fully saturated rings. The Morgan fingerprint density at radius 3 is 2.00 bits per heavy atom. The number of nitrogens with one attached hydrogen (secondary N) is 2. The molecule has 2 N–H and O–H groups in total. The summed E-state index contributed by atoms with van der Waals surface area (Å²) in [5.41, 5.74) is 0.105. The number of benzene rings is 1. The molecule has 0 aliphatic heterocycles. The second-order valence-corrected chi connectivity index (χ2v) is 5.17. The van der Waals surface area contributed by atoms with Crippen LogP contribution >= 0.6 is 0 Å². The van der Waals surface area contributed by atoms with Gasteiger partial charge in [0.15, 0.2) is 18.1 Å². The van der Waals surface area contributed by atoms with Gasteiger partial charge in [-0.15, -0.1) is 0 Å². The Labute approximate surface area is 145 Å². The molecule has 9 heteroatoms. The van der Waals surface area contributed by atoms with Crippen molar-refractivity contribution >= 4 is 17.9 Å². The van der Waals surface area contributed by atoms with Crippen LogP contribution in [0.1, 0.15) is 24.2 Å². The molecule has 9 nitrogen and oxygen atoms in total. The molecule has 0 spiro atoms. The van der Waals surface area contributed by atoms with Crippen LogP contribution in [0.2, 0.25) is 0 Å². The van der Waals surface area contributed by atoms with E-state index < -0.39 is 24.5 Å². The molecule has 0 atom stereocenters. The fourth-order valence-electron chi connectivity index (χ4n) is 1.87. The fraction of sp³-hybridized carbons (Fsp3) is 0.438. The van der Waals surface area contributed by atoms with Crippen molar-refractivity contribution in [2.75, 3.05) is 27.9 Å². The van der Waals surface area contributed by atoms with E-state index in [4.69, 9.17) is 18.9 Å². The SMILES string of the molecule is COc1cc(C(=O)OCC(=O)NC(=O)NC(C)C)cc(OC)c1OC. The maximum Gasteiger partial charge on any atom is 0.338 e. The zero-order chi connectivity index (χ0) is 19.0. The van der Waals surface area contributed by atoms with Crippen LogP contribution in [0.4, 0.5) is 4.79 Å². The predicted molar refractivity (Wildman–Crippen MR) is 88.2 cm³/mol. The lowest BCUT2D eigenvalue weighted by Gasteiger charge is -2.14. The van der Waals surface area contributed by atoms with Crippen molar-refractivity contribution in [2.45, 2.75) is 19.9 Å². The van der Waals surface area contributed by atoms with E-state index in [9.17, 15) is 14.4 Å². The van der Waals surface area contributed by atoms with Gasteiger partial charge < -0.3 is 24.3 Å². The first-order chi connectivity index (χ1) is 11.8. The topological polar surface area (TPSA) is 112 Å². The average Bonchev–Trinajstić information content (AvgIpc) is 2.57. The van der Waals surface area contributed by atoms with Crippen LogP contribution in [0.15, 0.2) is 12.1 Å². The van der Waals surface area contributed by atoms with Crippen LogP contribution in [0.5, 0.6) is 17.2 Å². The van der Waals surface area contributed by atoms with Crippen molar-refractivity contribution in [3.05, 3.63) is 17.7 Å². The summed E-state index contributed by atoms with van der Waals surface area (Å²) in [6.07, 6.45) is 0. The number of carbonyl (C=O) groups is 3. The van der Waals surface area contributed by atoms with Gasteiger partial charge in [0.25, 0.3) is 5.91 Å². The fourth-order valence-corrected chi connectivity index (χ4v) is 1.87. The van der Waals surface area contributed by atoms with Crippen LogP contribution in [-0.4, -0.2) is 51.9 Å². The lowest BCUT2D eigenvalue weighted by atomic mass is 10.2. The van der Waals surface area contributed by atoms with Crippen LogP contribution in [0.3, 0.4) is 0 Å². The third-order valence-corrected chi connectivity index (χ3v) is 2.91. The Balaban J connectivity index is 2.74. The molecule has 0 saturated carbocycles. The molecule has 0 radical (unpaired) electrons. The Morgan fingerprint density at radius 2 is 1.56 bits per heavy atom. The summed E-state index contributed by atoms with van der Waals surface area (Å²) in [5.74, 6) is -0.661. The number of hydrogen-bond donors (Lipinski definition) is 2. The molecule has 1 aromatic carbocycles. The van der Waals surface area contributed by atoms with Crippen LogP contribution in [0, 0.1) is 0 Å². The van der Waals surface area contributed by atoms with E-state index in [2.05, 4.69) is 5.32 Å². The van der Waals surface area contributed by atoms with E-state index in [1.54, 1.807) is 13.8 Å². The molecule has 0 aromatic heterocycles. The molecule has 0 bridgehead atoms. The molecule has 0 saturated heterocycles. The lowest BCUT2D eigenvalue weighted by molar-refractivity contribution is -0.123. The number of hydrogen-bond acceptors (Lipinski definition) is 7. The van der Waals surface area contributed by atoms with Crippen LogP contribution < -0.4 is 24.8 Å². The zero-order valence-electron chi connectivity index (χ0n) is 14.8. The maximum absolute atomic E-state index is 12.1. The van der Waals surface area contributed by atoms with Crippen molar-refractivity contribution in [1.29, 1.82) is 0 Å². The van der Waals surface area contributed by atoms with Gasteiger partial charge in [-0.05, 0) is 26.0 Å². The lowest BCUT2D eigenvalue weighted by Crippen LogP contribution is -2.44. The molecule has 0 unspecified atom stereocenters. The van der Waals surface area contributed by atoms with Crippen molar-refractivity contribution in [2.24, 2.45) is 0 Å². The van der Waals surface area contributed by atoms with Gasteiger partial charge in [0.05, 0.1) is 26.9 Å². The Bertz CT molecular complexity index is 618. The normalized spacial score (nSPS) is 10.0. The minimum absolute atomic E-state index is 0.105. The van der Waals surface area contributed by atoms with Gasteiger partial charge in [-0.2, -0.15) is 0 Å². The molecule has 25 heavy (non-hydrogen) atoms. The molecule has 1 rings (SSSR count). The van der Waals surface area contributed by atoms with Gasteiger partial charge in [0, 0.05) is 6.04 Å². The molecular weight excluding hydrogens is 332 g/mol. The zero-order valence-corrected chi connectivity index (χ0v) is 14.8. The van der Waals surface area contributed by atoms with Crippen molar-refractivity contribution in [3.8, 4) is 17.2 Å². The highest BCUT2D eigenvalue weighted by Crippen LogP contribution is 2.38. The second-order valence-electron chi connectivity index (χ2n) is 5.17. The quantitative estimate of drug-likeness (QED) is 0.705. The van der Waals surface area contributed by atoms with Gasteiger partial charge >= 0.3 is 12.0 Å². The summed E-state index contributed by atoms with van der Waals surface area (Å²) >= 11 is 0. The summed E-state index contributed by atoms with van der Waals surface area (Å²) in [4.78, 5) is 35.1. The number of methoxy groups -OCH3 is 3. The minimum Gasteiger partial charge on any atom is -0.493 e. The van der Waals surface area contributed by atoms with Crippen LogP contribution in [0.25, 0.3) is 0 Å². The van der Waals surface area contributed by atoms with Gasteiger partial charge in [-0.1, -0.05) is 0 Å². The number of carbonyl (C=O) groups excluding carboxylic acids is 3. The summed E-state index contributed by atoms with van der Waals surface area (Å²) < 4.78 is 20.3. The van der Waals surface area contributed by atoms with Gasteiger partial charge in [-0.3, -0.25) is 10.1 Å². The summed E-state index contributed by atoms with van der Waals surface area (Å²) in [6.45, 7) is 2.88. The number of imide groups is 1. The van der Waals surface area contributed by atoms with E-state index in [1.807, 2.05) is 5.32 Å². The molecule has 3 amide bonds. The second kappa shape index (κ2) is 9.36. The number of urea groups is 1. The standard InChI is InChI=1S/C16H22N2O7/c1-9(2)17-16(21)18-13(19)8-25-15(20)10-6-11(22-3)14(24-5)12(7-10)23-4/h6-7,9H,8H2,1-5H3,(H2,17,18,19,21). The van der Waals surface area contributed by atoms with E-state index in [0.29, 0.717) is 5.75 Å². The largest absolute Gasteiger partial charge is 0.493 e. The molecular formula is C16H22N2O7. The van der Waals surface area contributed by atoms with E-state index in [1.165, 1.54) is 33.5 Å². The van der Waals surface area contributed by atoms with Crippen molar-refractivity contribution in [1.82, 2.24) is 10.6 Å². The summed E-state index contributed by atoms with van der Waals surface area (Å²) in [6, 6.07) is 2.00. The van der Waals surface area contributed by atoms with Crippen LogP contribution in [-0.2, 0) is 9.53 Å². The minimum atomic E-state index is -0.779. The molecule has 1 aromatic rings.